The van der Waals surface area contributed by atoms with E-state index < -0.39 is 22.7 Å². The smallest absolute Gasteiger partial charge is 0.334 e. The van der Waals surface area contributed by atoms with E-state index in [2.05, 4.69) is 10.1 Å². The van der Waals surface area contributed by atoms with Crippen LogP contribution in [-0.2, 0) is 17.2 Å². The van der Waals surface area contributed by atoms with E-state index in [1.54, 1.807) is 54.6 Å². The molecule has 0 radical (unpaired) electrons. The van der Waals surface area contributed by atoms with Crippen molar-refractivity contribution in [1.29, 1.82) is 0 Å². The molecule has 0 aliphatic heterocycles. The molecule has 3 aromatic carbocycles. The van der Waals surface area contributed by atoms with Gasteiger partial charge in [0.2, 0.25) is 5.82 Å². The molecule has 1 atom stereocenters. The van der Waals surface area contributed by atoms with Gasteiger partial charge in [-0.2, -0.15) is 18.2 Å². The molecule has 4 aromatic rings. The molecule has 0 saturated carbocycles. The second-order valence-corrected chi connectivity index (χ2v) is 7.44. The number of aromatic nitrogens is 2. The van der Waals surface area contributed by atoms with E-state index in [-0.39, 0.29) is 22.8 Å². The van der Waals surface area contributed by atoms with Crippen LogP contribution in [0.25, 0.3) is 34.0 Å². The molecule has 4 rings (SSSR count). The van der Waals surface area contributed by atoms with Crippen LogP contribution in [0.15, 0.2) is 82.2 Å². The number of hydrogen-bond donors (Lipinski definition) is 1. The third kappa shape index (κ3) is 4.03. The molecule has 1 aromatic heterocycles. The van der Waals surface area contributed by atoms with Gasteiger partial charge in [-0.05, 0) is 47.5 Å². The van der Waals surface area contributed by atoms with Crippen LogP contribution in [0.1, 0.15) is 5.56 Å². The van der Waals surface area contributed by atoms with Crippen molar-refractivity contribution in [1.82, 2.24) is 10.1 Å². The Morgan fingerprint density at radius 3 is 2.17 bits per heavy atom. The molecule has 30 heavy (non-hydrogen) atoms. The first kappa shape index (κ1) is 20.0. The maximum Gasteiger partial charge on any atom is 0.417 e. The maximum atomic E-state index is 13.7. The van der Waals surface area contributed by atoms with Crippen molar-refractivity contribution in [2.75, 3.05) is 0 Å². The summed E-state index contributed by atoms with van der Waals surface area (Å²) in [5.74, 6) is 0.154. The standard InChI is InChI=1S/C21H14F3N3O2S/c22-21(23,24)18-12-15(8-11-17(18)13-4-2-1-3-5-13)20-26-19(27-29-20)14-6-9-16(10-7-14)30(25)28/h1-12H,25H2. The largest absolute Gasteiger partial charge is 0.417 e. The fraction of sp³-hybridized carbons (Fsp3) is 0.0476. The van der Waals surface area contributed by atoms with E-state index in [1.165, 1.54) is 12.1 Å². The molecule has 0 saturated heterocycles. The van der Waals surface area contributed by atoms with Crippen LogP contribution in [0, 0.1) is 0 Å². The van der Waals surface area contributed by atoms with Gasteiger partial charge in [0.25, 0.3) is 5.89 Å². The van der Waals surface area contributed by atoms with Crippen LogP contribution < -0.4 is 5.14 Å². The minimum absolute atomic E-state index is 0.0402. The van der Waals surface area contributed by atoms with Gasteiger partial charge in [0.1, 0.15) is 11.0 Å². The number of hydrogen-bond acceptors (Lipinski definition) is 4. The number of benzene rings is 3. The van der Waals surface area contributed by atoms with Crippen molar-refractivity contribution in [2.45, 2.75) is 11.1 Å². The molecular weight excluding hydrogens is 415 g/mol. The molecule has 0 fully saturated rings. The Morgan fingerprint density at radius 1 is 0.867 bits per heavy atom. The van der Waals surface area contributed by atoms with Crippen LogP contribution in [0.4, 0.5) is 13.2 Å². The lowest BCUT2D eigenvalue weighted by molar-refractivity contribution is -0.137. The summed E-state index contributed by atoms with van der Waals surface area (Å²) >= 11 is 0. The highest BCUT2D eigenvalue weighted by atomic mass is 32.2. The van der Waals surface area contributed by atoms with Crippen molar-refractivity contribution >= 4 is 11.0 Å². The lowest BCUT2D eigenvalue weighted by Crippen LogP contribution is -2.07. The SMILES string of the molecule is NS(=O)c1ccc(-c2noc(-c3ccc(-c4ccccc4)c(C(F)(F)F)c3)n2)cc1. The van der Waals surface area contributed by atoms with Gasteiger partial charge in [0.05, 0.1) is 10.5 Å². The highest BCUT2D eigenvalue weighted by molar-refractivity contribution is 7.82. The number of rotatable bonds is 4. The average Bonchev–Trinajstić information content (AvgIpc) is 3.24. The monoisotopic (exact) mass is 429 g/mol. The molecule has 0 aliphatic carbocycles. The van der Waals surface area contributed by atoms with Crippen molar-refractivity contribution < 1.29 is 21.9 Å². The summed E-state index contributed by atoms with van der Waals surface area (Å²) in [4.78, 5) is 4.62. The summed E-state index contributed by atoms with van der Waals surface area (Å²) in [7, 11) is -1.62. The van der Waals surface area contributed by atoms with Gasteiger partial charge in [-0.1, -0.05) is 41.6 Å². The molecule has 0 bridgehead atoms. The van der Waals surface area contributed by atoms with E-state index in [9.17, 15) is 17.4 Å². The van der Waals surface area contributed by atoms with Gasteiger partial charge in [-0.3, -0.25) is 0 Å². The second-order valence-electron chi connectivity index (χ2n) is 6.37. The van der Waals surface area contributed by atoms with Gasteiger partial charge in [-0.25, -0.2) is 9.35 Å². The van der Waals surface area contributed by atoms with E-state index in [4.69, 9.17) is 9.66 Å². The van der Waals surface area contributed by atoms with Crippen LogP contribution >= 0.6 is 0 Å². The summed E-state index contributed by atoms with van der Waals surface area (Å²) in [6, 6.07) is 18.6. The molecular formula is C21H14F3N3O2S. The third-order valence-electron chi connectivity index (χ3n) is 4.43. The minimum Gasteiger partial charge on any atom is -0.334 e. The number of nitrogens with two attached hydrogens (primary N) is 1. The summed E-state index contributed by atoms with van der Waals surface area (Å²) in [6.45, 7) is 0. The van der Waals surface area contributed by atoms with Gasteiger partial charge >= 0.3 is 6.18 Å². The van der Waals surface area contributed by atoms with E-state index >= 15 is 0 Å². The van der Waals surface area contributed by atoms with Crippen molar-refractivity contribution in [2.24, 2.45) is 5.14 Å². The van der Waals surface area contributed by atoms with Crippen LogP contribution in [0.5, 0.6) is 0 Å². The molecule has 1 heterocycles. The number of halogens is 3. The molecule has 2 N–H and O–H groups in total. The van der Waals surface area contributed by atoms with Crippen LogP contribution in [0.2, 0.25) is 0 Å². The third-order valence-corrected chi connectivity index (χ3v) is 5.16. The molecule has 1 unspecified atom stereocenters. The first-order chi connectivity index (χ1) is 14.3. The highest BCUT2D eigenvalue weighted by Crippen LogP contribution is 2.39. The summed E-state index contributed by atoms with van der Waals surface area (Å²) in [5.41, 5.74) is 0.439. The quantitative estimate of drug-likeness (QED) is 0.491. The Bertz CT molecular complexity index is 1210. The second kappa shape index (κ2) is 7.85. The van der Waals surface area contributed by atoms with E-state index in [0.717, 1.165) is 6.07 Å². The Hall–Kier alpha value is -3.30. The molecule has 0 amide bonds. The van der Waals surface area contributed by atoms with Crippen molar-refractivity contribution in [3.05, 3.63) is 78.4 Å². The zero-order valence-corrected chi connectivity index (χ0v) is 16.1. The Labute approximate surface area is 171 Å². The van der Waals surface area contributed by atoms with E-state index in [0.29, 0.717) is 16.0 Å². The lowest BCUT2D eigenvalue weighted by Gasteiger charge is -2.14. The molecule has 0 spiro atoms. The zero-order valence-electron chi connectivity index (χ0n) is 15.3. The topological polar surface area (TPSA) is 82.0 Å². The average molecular weight is 429 g/mol. The number of nitrogens with zero attached hydrogens (tertiary/aromatic N) is 2. The van der Waals surface area contributed by atoms with Crippen molar-refractivity contribution in [3.8, 4) is 34.0 Å². The zero-order chi connectivity index (χ0) is 21.3. The van der Waals surface area contributed by atoms with Gasteiger partial charge in [0.15, 0.2) is 0 Å². The number of alkyl halides is 3. The summed E-state index contributed by atoms with van der Waals surface area (Å²) in [6.07, 6.45) is -4.56. The highest BCUT2D eigenvalue weighted by Gasteiger charge is 2.34. The van der Waals surface area contributed by atoms with Crippen LogP contribution in [0.3, 0.4) is 0 Å². The summed E-state index contributed by atoms with van der Waals surface area (Å²) in [5, 5.41) is 9.15. The molecule has 0 aliphatic rings. The van der Waals surface area contributed by atoms with Crippen LogP contribution in [-0.4, -0.2) is 14.3 Å². The molecule has 9 heteroatoms. The van der Waals surface area contributed by atoms with Gasteiger partial charge in [0, 0.05) is 11.1 Å². The predicted molar refractivity (Wildman–Crippen MR) is 106 cm³/mol. The summed E-state index contributed by atoms with van der Waals surface area (Å²) < 4.78 is 57.6. The minimum atomic E-state index is -4.56. The first-order valence-electron chi connectivity index (χ1n) is 8.70. The fourth-order valence-electron chi connectivity index (χ4n) is 2.98. The Kier molecular flexibility index (Phi) is 5.23. The Balaban J connectivity index is 1.72. The van der Waals surface area contributed by atoms with Crippen molar-refractivity contribution in [3.63, 3.8) is 0 Å². The maximum absolute atomic E-state index is 13.7. The lowest BCUT2D eigenvalue weighted by atomic mass is 9.97. The Morgan fingerprint density at radius 2 is 1.53 bits per heavy atom. The molecule has 5 nitrogen and oxygen atoms in total. The first-order valence-corrected chi connectivity index (χ1v) is 9.91. The normalized spacial score (nSPS) is 12.7. The van der Waals surface area contributed by atoms with Gasteiger partial charge < -0.3 is 4.52 Å². The fourth-order valence-corrected chi connectivity index (χ4v) is 3.38. The van der Waals surface area contributed by atoms with E-state index in [1.807, 2.05) is 0 Å². The molecule has 152 valence electrons. The predicted octanol–water partition coefficient (Wildman–Crippen LogP) is 5.07. The van der Waals surface area contributed by atoms with Gasteiger partial charge in [-0.15, -0.1) is 0 Å².